The molecule has 0 fully saturated rings. The Morgan fingerprint density at radius 2 is 1.63 bits per heavy atom. The highest BCUT2D eigenvalue weighted by atomic mass is 16.4. The highest BCUT2D eigenvalue weighted by molar-refractivity contribution is 5.92. The smallest absolute Gasteiger partial charge is 0.326 e. The molecule has 4 atom stereocenters. The lowest BCUT2D eigenvalue weighted by Crippen LogP contribution is -2.57. The number of benzene rings is 1. The van der Waals surface area contributed by atoms with Crippen LogP contribution in [0.3, 0.4) is 0 Å². The van der Waals surface area contributed by atoms with Gasteiger partial charge in [0.1, 0.15) is 17.8 Å². The van der Waals surface area contributed by atoms with E-state index in [2.05, 4.69) is 10.6 Å². The van der Waals surface area contributed by atoms with Crippen molar-refractivity contribution >= 4 is 17.8 Å². The monoisotopic (exact) mass is 381 g/mol. The van der Waals surface area contributed by atoms with Gasteiger partial charge in [0.2, 0.25) is 11.8 Å². The minimum atomic E-state index is -1.31. The number of carbonyl (C=O) groups is 3. The lowest BCUT2D eigenvalue weighted by atomic mass is 9.99. The van der Waals surface area contributed by atoms with E-state index in [0.717, 1.165) is 0 Å². The predicted molar refractivity (Wildman–Crippen MR) is 97.8 cm³/mol. The van der Waals surface area contributed by atoms with Gasteiger partial charge < -0.3 is 31.7 Å². The lowest BCUT2D eigenvalue weighted by molar-refractivity contribution is -0.142. The Morgan fingerprint density at radius 1 is 1.07 bits per heavy atom. The summed E-state index contributed by atoms with van der Waals surface area (Å²) in [6.07, 6.45) is 0.637. The fourth-order valence-corrected chi connectivity index (χ4v) is 2.31. The molecule has 2 amide bonds. The number of hydrogen-bond acceptors (Lipinski definition) is 6. The zero-order valence-electron chi connectivity index (χ0n) is 15.4. The molecule has 0 saturated carbocycles. The summed E-state index contributed by atoms with van der Waals surface area (Å²) in [5.74, 6) is -2.77. The second-order valence-corrected chi connectivity index (χ2v) is 6.43. The number of aromatic hydroxyl groups is 1. The number of rotatable bonds is 10. The highest BCUT2D eigenvalue weighted by Crippen LogP contribution is 2.11. The van der Waals surface area contributed by atoms with Crippen molar-refractivity contribution in [2.24, 2.45) is 11.7 Å². The van der Waals surface area contributed by atoms with E-state index >= 15 is 0 Å². The van der Waals surface area contributed by atoms with E-state index < -0.39 is 42.5 Å². The van der Waals surface area contributed by atoms with E-state index in [1.807, 2.05) is 6.92 Å². The molecule has 9 heteroatoms. The van der Waals surface area contributed by atoms with Gasteiger partial charge in [-0.3, -0.25) is 9.59 Å². The Bertz CT molecular complexity index is 649. The fourth-order valence-electron chi connectivity index (χ4n) is 2.31. The average Bonchev–Trinajstić information content (AvgIpc) is 2.65. The molecule has 1 aromatic carbocycles. The molecule has 0 aliphatic carbocycles. The van der Waals surface area contributed by atoms with Crippen LogP contribution in [0.4, 0.5) is 0 Å². The van der Waals surface area contributed by atoms with E-state index in [1.54, 1.807) is 6.92 Å². The Kier molecular flexibility index (Phi) is 8.70. The third-order valence-corrected chi connectivity index (χ3v) is 4.37. The zero-order valence-corrected chi connectivity index (χ0v) is 15.4. The van der Waals surface area contributed by atoms with Crippen LogP contribution in [0.1, 0.15) is 25.8 Å². The molecule has 0 spiro atoms. The van der Waals surface area contributed by atoms with Gasteiger partial charge in [-0.15, -0.1) is 0 Å². The minimum Gasteiger partial charge on any atom is -0.508 e. The summed E-state index contributed by atoms with van der Waals surface area (Å²) < 4.78 is 0. The molecule has 0 bridgehead atoms. The van der Waals surface area contributed by atoms with Crippen LogP contribution in [0.2, 0.25) is 0 Å². The molecule has 0 aromatic heterocycles. The van der Waals surface area contributed by atoms with Crippen LogP contribution in [-0.2, 0) is 20.8 Å². The van der Waals surface area contributed by atoms with Gasteiger partial charge in [0.15, 0.2) is 0 Å². The van der Waals surface area contributed by atoms with Crippen molar-refractivity contribution in [2.75, 3.05) is 6.61 Å². The van der Waals surface area contributed by atoms with Crippen LogP contribution < -0.4 is 16.4 Å². The van der Waals surface area contributed by atoms with Crippen LogP contribution in [-0.4, -0.2) is 57.8 Å². The Morgan fingerprint density at radius 3 is 2.11 bits per heavy atom. The molecule has 0 radical (unpaired) electrons. The first kappa shape index (κ1) is 22.4. The topological polar surface area (TPSA) is 162 Å². The molecule has 0 aliphatic rings. The molecule has 1 aromatic rings. The maximum Gasteiger partial charge on any atom is 0.326 e. The fraction of sp³-hybridized carbons (Fsp3) is 0.500. The van der Waals surface area contributed by atoms with Gasteiger partial charge in [-0.2, -0.15) is 0 Å². The van der Waals surface area contributed by atoms with Gasteiger partial charge in [-0.1, -0.05) is 32.4 Å². The van der Waals surface area contributed by atoms with Gasteiger partial charge in [0.25, 0.3) is 0 Å². The third kappa shape index (κ3) is 6.87. The first-order valence-corrected chi connectivity index (χ1v) is 8.67. The Labute approximate surface area is 157 Å². The average molecular weight is 381 g/mol. The number of nitrogens with two attached hydrogens (primary N) is 1. The maximum absolute atomic E-state index is 12.3. The van der Waals surface area contributed by atoms with Crippen LogP contribution >= 0.6 is 0 Å². The van der Waals surface area contributed by atoms with Crippen LogP contribution in [0.5, 0.6) is 5.75 Å². The molecule has 9 nitrogen and oxygen atoms in total. The lowest BCUT2D eigenvalue weighted by Gasteiger charge is -2.23. The van der Waals surface area contributed by atoms with Gasteiger partial charge >= 0.3 is 5.97 Å². The first-order valence-electron chi connectivity index (χ1n) is 8.67. The van der Waals surface area contributed by atoms with Crippen molar-refractivity contribution < 1.29 is 29.7 Å². The number of hydrogen-bond donors (Lipinski definition) is 6. The van der Waals surface area contributed by atoms with Gasteiger partial charge in [-0.25, -0.2) is 4.79 Å². The third-order valence-electron chi connectivity index (χ3n) is 4.37. The van der Waals surface area contributed by atoms with E-state index in [-0.39, 0.29) is 18.1 Å². The molecule has 1 rings (SSSR count). The molecular formula is C18H27N3O6. The SMILES string of the molecule is CCC(C)C(N)C(=O)NC(CO)C(=O)NC(Cc1ccc(O)cc1)C(=O)O. The summed E-state index contributed by atoms with van der Waals surface area (Å²) in [6, 6.07) is 2.46. The summed E-state index contributed by atoms with van der Waals surface area (Å²) in [4.78, 5) is 35.8. The molecule has 7 N–H and O–H groups in total. The second-order valence-electron chi connectivity index (χ2n) is 6.43. The Hall–Kier alpha value is -2.65. The van der Waals surface area contributed by atoms with E-state index in [1.165, 1.54) is 24.3 Å². The number of carboxylic acid groups (broad SMARTS) is 1. The normalized spacial score (nSPS) is 15.3. The van der Waals surface area contributed by atoms with Crippen molar-refractivity contribution in [1.29, 1.82) is 0 Å². The van der Waals surface area contributed by atoms with Gasteiger partial charge in [-0.05, 0) is 23.6 Å². The van der Waals surface area contributed by atoms with Gasteiger partial charge in [0.05, 0.1) is 12.6 Å². The number of phenols is 1. The summed E-state index contributed by atoms with van der Waals surface area (Å²) in [5.41, 5.74) is 6.39. The van der Waals surface area contributed by atoms with Crippen molar-refractivity contribution in [2.45, 2.75) is 44.8 Å². The standard InChI is InChI=1S/C18H27N3O6/c1-3-10(2)15(19)17(25)21-14(9-22)16(24)20-13(18(26)27)8-11-4-6-12(23)7-5-11/h4-7,10,13-15,22-23H,3,8-9,19H2,1-2H3,(H,20,24)(H,21,25)(H,26,27). The number of phenolic OH excluding ortho intramolecular Hbond substituents is 1. The quantitative estimate of drug-likeness (QED) is 0.314. The van der Waals surface area contributed by atoms with Crippen molar-refractivity contribution in [3.05, 3.63) is 29.8 Å². The summed E-state index contributed by atoms with van der Waals surface area (Å²) in [7, 11) is 0. The Balaban J connectivity index is 2.76. The zero-order chi connectivity index (χ0) is 20.6. The van der Waals surface area contributed by atoms with E-state index in [4.69, 9.17) is 5.73 Å². The predicted octanol–water partition coefficient (Wildman–Crippen LogP) is -0.645. The van der Waals surface area contributed by atoms with Crippen LogP contribution in [0.15, 0.2) is 24.3 Å². The summed E-state index contributed by atoms with van der Waals surface area (Å²) in [6.45, 7) is 2.96. The maximum atomic E-state index is 12.3. The van der Waals surface area contributed by atoms with E-state index in [0.29, 0.717) is 12.0 Å². The number of aliphatic hydroxyl groups excluding tert-OH is 1. The van der Waals surface area contributed by atoms with Crippen LogP contribution in [0, 0.1) is 5.92 Å². The highest BCUT2D eigenvalue weighted by Gasteiger charge is 2.28. The number of aliphatic carboxylic acids is 1. The second kappa shape index (κ2) is 10.5. The number of aliphatic hydroxyl groups is 1. The minimum absolute atomic E-state index is 0.0279. The summed E-state index contributed by atoms with van der Waals surface area (Å²) in [5, 5.41) is 32.7. The van der Waals surface area contributed by atoms with Gasteiger partial charge in [0, 0.05) is 6.42 Å². The van der Waals surface area contributed by atoms with E-state index in [9.17, 15) is 29.7 Å². The molecule has 0 heterocycles. The molecular weight excluding hydrogens is 354 g/mol. The largest absolute Gasteiger partial charge is 0.508 e. The van der Waals surface area contributed by atoms with Crippen molar-refractivity contribution in [3.8, 4) is 5.75 Å². The molecule has 0 saturated heterocycles. The first-order chi connectivity index (χ1) is 12.7. The number of carbonyl (C=O) groups excluding carboxylic acids is 2. The molecule has 0 aliphatic heterocycles. The summed E-state index contributed by atoms with van der Waals surface area (Å²) >= 11 is 0. The molecule has 150 valence electrons. The van der Waals surface area contributed by atoms with Crippen molar-refractivity contribution in [1.82, 2.24) is 10.6 Å². The molecule has 27 heavy (non-hydrogen) atoms. The number of amides is 2. The van der Waals surface area contributed by atoms with Crippen LogP contribution in [0.25, 0.3) is 0 Å². The van der Waals surface area contributed by atoms with Crippen molar-refractivity contribution in [3.63, 3.8) is 0 Å². The molecule has 4 unspecified atom stereocenters. The number of nitrogens with one attached hydrogen (secondary N) is 2. The number of carboxylic acids is 1.